The molecule has 0 aromatic heterocycles. The van der Waals surface area contributed by atoms with Crippen LogP contribution in [0, 0.1) is 0 Å². The van der Waals surface area contributed by atoms with Gasteiger partial charge < -0.3 is 22.3 Å². The Bertz CT molecular complexity index is 127. The molecule has 0 spiro atoms. The molecule has 60 valence electrons. The van der Waals surface area contributed by atoms with E-state index < -0.39 is 6.23 Å². The summed E-state index contributed by atoms with van der Waals surface area (Å²) < 4.78 is 0. The lowest BCUT2D eigenvalue weighted by Crippen LogP contribution is -2.25. The molecule has 0 saturated heterocycles. The first-order chi connectivity index (χ1) is 4.59. The second kappa shape index (κ2) is 4.27. The lowest BCUT2D eigenvalue weighted by molar-refractivity contribution is 0.213. The van der Waals surface area contributed by atoms with Gasteiger partial charge in [0.05, 0.1) is 0 Å². The zero-order valence-electron chi connectivity index (χ0n) is 6.17. The lowest BCUT2D eigenvalue weighted by Gasteiger charge is -2.10. The fourth-order valence-corrected chi connectivity index (χ4v) is 0.734. The monoisotopic (exact) mass is 145 g/mol. The predicted octanol–water partition coefficient (Wildman–Crippen LogP) is -1.15. The van der Waals surface area contributed by atoms with E-state index in [0.717, 1.165) is 0 Å². The minimum Gasteiger partial charge on any atom is -0.402 e. The second-order valence-electron chi connectivity index (χ2n) is 2.19. The fraction of sp³-hybridized carbons (Fsp3) is 0.667. The molecule has 0 saturated carbocycles. The molecule has 0 radical (unpaired) electrons. The Labute approximate surface area is 60.7 Å². The molecule has 0 aliphatic carbocycles. The Kier molecular flexibility index (Phi) is 4.02. The number of aliphatic hydroxyl groups is 1. The molecule has 4 heteroatoms. The molecular formula is C6H15N3O. The normalized spacial score (nSPS) is 16.4. The minimum absolute atomic E-state index is 0.456. The summed E-state index contributed by atoms with van der Waals surface area (Å²) in [6.07, 6.45) is -0.409. The van der Waals surface area contributed by atoms with Gasteiger partial charge in [0.25, 0.3) is 0 Å². The lowest BCUT2D eigenvalue weighted by atomic mass is 10.1. The molecule has 0 heterocycles. The highest BCUT2D eigenvalue weighted by Gasteiger charge is 2.05. The molecule has 0 aromatic rings. The van der Waals surface area contributed by atoms with E-state index in [2.05, 4.69) is 0 Å². The molecule has 1 atom stereocenters. The van der Waals surface area contributed by atoms with E-state index in [9.17, 15) is 0 Å². The molecule has 7 N–H and O–H groups in total. The summed E-state index contributed by atoms with van der Waals surface area (Å²) in [5, 5.41) is 8.90. The van der Waals surface area contributed by atoms with Crippen molar-refractivity contribution in [1.82, 2.24) is 0 Å². The van der Waals surface area contributed by atoms with Crippen LogP contribution in [0.1, 0.15) is 13.3 Å². The van der Waals surface area contributed by atoms with E-state index in [1.165, 1.54) is 0 Å². The average molecular weight is 145 g/mol. The van der Waals surface area contributed by atoms with Crippen LogP contribution < -0.4 is 17.2 Å². The largest absolute Gasteiger partial charge is 0.402 e. The van der Waals surface area contributed by atoms with Gasteiger partial charge >= 0.3 is 0 Å². The Morgan fingerprint density at radius 1 is 1.60 bits per heavy atom. The minimum atomic E-state index is -0.964. The van der Waals surface area contributed by atoms with Crippen molar-refractivity contribution >= 4 is 0 Å². The van der Waals surface area contributed by atoms with Gasteiger partial charge in [-0.25, -0.2) is 0 Å². The number of hydrogen-bond acceptors (Lipinski definition) is 4. The van der Waals surface area contributed by atoms with Gasteiger partial charge in [-0.2, -0.15) is 0 Å². The van der Waals surface area contributed by atoms with E-state index in [-0.39, 0.29) is 0 Å². The first kappa shape index (κ1) is 9.42. The highest BCUT2D eigenvalue weighted by molar-refractivity contribution is 5.12. The molecule has 0 aliphatic heterocycles. The molecule has 1 unspecified atom stereocenters. The molecule has 4 nitrogen and oxygen atoms in total. The third kappa shape index (κ3) is 2.82. The van der Waals surface area contributed by atoms with Crippen molar-refractivity contribution in [2.24, 2.45) is 17.2 Å². The number of nitrogens with two attached hydrogens (primary N) is 3. The summed E-state index contributed by atoms with van der Waals surface area (Å²) >= 11 is 0. The molecule has 0 aromatic carbocycles. The number of hydrogen-bond donors (Lipinski definition) is 4. The third-order valence-corrected chi connectivity index (χ3v) is 1.28. The van der Waals surface area contributed by atoms with E-state index in [1.54, 1.807) is 6.92 Å². The SMILES string of the molecule is CC(N)=C(CCN)C(N)O. The van der Waals surface area contributed by atoms with Gasteiger partial charge in [-0.3, -0.25) is 0 Å². The van der Waals surface area contributed by atoms with Crippen molar-refractivity contribution in [2.45, 2.75) is 19.6 Å². The van der Waals surface area contributed by atoms with Crippen LogP contribution in [0.2, 0.25) is 0 Å². The molecular weight excluding hydrogens is 130 g/mol. The van der Waals surface area contributed by atoms with Crippen LogP contribution in [0.25, 0.3) is 0 Å². The van der Waals surface area contributed by atoms with Gasteiger partial charge in [-0.1, -0.05) is 0 Å². The van der Waals surface area contributed by atoms with E-state index >= 15 is 0 Å². The van der Waals surface area contributed by atoms with Crippen LogP contribution in [0.3, 0.4) is 0 Å². The predicted molar refractivity (Wildman–Crippen MR) is 40.8 cm³/mol. The molecule has 0 aliphatic rings. The van der Waals surface area contributed by atoms with Crippen molar-refractivity contribution in [3.05, 3.63) is 11.3 Å². The summed E-state index contributed by atoms with van der Waals surface area (Å²) in [5.74, 6) is 0. The van der Waals surface area contributed by atoms with Crippen LogP contribution in [-0.4, -0.2) is 17.9 Å². The zero-order valence-corrected chi connectivity index (χ0v) is 6.17. The Hall–Kier alpha value is -0.580. The van der Waals surface area contributed by atoms with Crippen molar-refractivity contribution in [3.63, 3.8) is 0 Å². The second-order valence-corrected chi connectivity index (χ2v) is 2.19. The van der Waals surface area contributed by atoms with E-state index in [0.29, 0.717) is 24.2 Å². The van der Waals surface area contributed by atoms with E-state index in [1.807, 2.05) is 0 Å². The smallest absolute Gasteiger partial charge is 0.126 e. The van der Waals surface area contributed by atoms with Crippen LogP contribution in [0.5, 0.6) is 0 Å². The summed E-state index contributed by atoms with van der Waals surface area (Å²) in [6.45, 7) is 2.15. The topological polar surface area (TPSA) is 98.3 Å². The molecule has 0 rings (SSSR count). The Morgan fingerprint density at radius 2 is 2.10 bits per heavy atom. The highest BCUT2D eigenvalue weighted by Crippen LogP contribution is 2.04. The summed E-state index contributed by atoms with van der Waals surface area (Å²) in [7, 11) is 0. The van der Waals surface area contributed by atoms with Gasteiger partial charge in [-0.15, -0.1) is 0 Å². The number of aliphatic hydroxyl groups excluding tert-OH is 1. The van der Waals surface area contributed by atoms with Crippen LogP contribution in [-0.2, 0) is 0 Å². The molecule has 0 fully saturated rings. The van der Waals surface area contributed by atoms with Gasteiger partial charge in [0.2, 0.25) is 0 Å². The Morgan fingerprint density at radius 3 is 2.20 bits per heavy atom. The number of rotatable bonds is 3. The summed E-state index contributed by atoms with van der Waals surface area (Å²) in [5.41, 5.74) is 17.0. The summed E-state index contributed by atoms with van der Waals surface area (Å²) in [4.78, 5) is 0. The van der Waals surface area contributed by atoms with Gasteiger partial charge in [0.1, 0.15) is 6.23 Å². The quantitative estimate of drug-likeness (QED) is 0.377. The van der Waals surface area contributed by atoms with E-state index in [4.69, 9.17) is 22.3 Å². The van der Waals surface area contributed by atoms with Crippen molar-refractivity contribution < 1.29 is 5.11 Å². The van der Waals surface area contributed by atoms with Crippen molar-refractivity contribution in [3.8, 4) is 0 Å². The average Bonchev–Trinajstić information content (AvgIpc) is 1.81. The fourth-order valence-electron chi connectivity index (χ4n) is 0.734. The van der Waals surface area contributed by atoms with Crippen LogP contribution in [0.4, 0.5) is 0 Å². The third-order valence-electron chi connectivity index (χ3n) is 1.28. The maximum Gasteiger partial charge on any atom is 0.126 e. The van der Waals surface area contributed by atoms with Gasteiger partial charge in [-0.05, 0) is 25.5 Å². The first-order valence-corrected chi connectivity index (χ1v) is 3.18. The molecule has 0 bridgehead atoms. The number of allylic oxidation sites excluding steroid dienone is 1. The molecule has 0 amide bonds. The van der Waals surface area contributed by atoms with Crippen molar-refractivity contribution in [2.75, 3.05) is 6.54 Å². The standard InChI is InChI=1S/C6H15N3O/c1-4(8)5(2-3-7)6(9)10/h6,10H,2-3,7-9H2,1H3. The Balaban J connectivity index is 4.13. The highest BCUT2D eigenvalue weighted by atomic mass is 16.3. The maximum atomic E-state index is 8.90. The molecule has 10 heavy (non-hydrogen) atoms. The first-order valence-electron chi connectivity index (χ1n) is 3.18. The van der Waals surface area contributed by atoms with Gasteiger partial charge in [0, 0.05) is 5.70 Å². The van der Waals surface area contributed by atoms with Crippen LogP contribution >= 0.6 is 0 Å². The van der Waals surface area contributed by atoms with Gasteiger partial charge in [0.15, 0.2) is 0 Å². The zero-order chi connectivity index (χ0) is 8.15. The van der Waals surface area contributed by atoms with Crippen LogP contribution in [0.15, 0.2) is 11.3 Å². The van der Waals surface area contributed by atoms with Crippen molar-refractivity contribution in [1.29, 1.82) is 0 Å². The maximum absolute atomic E-state index is 8.90. The summed E-state index contributed by atoms with van der Waals surface area (Å²) in [6, 6.07) is 0.